The van der Waals surface area contributed by atoms with E-state index >= 15 is 0 Å². The summed E-state index contributed by atoms with van der Waals surface area (Å²) >= 11 is 0. The molecule has 1 aromatic rings. The highest BCUT2D eigenvalue weighted by molar-refractivity contribution is 7.89. The predicted octanol–water partition coefficient (Wildman–Crippen LogP) is 3.15. The van der Waals surface area contributed by atoms with Crippen LogP contribution in [0.2, 0.25) is 0 Å². The average molecular weight is 309 g/mol. The first kappa shape index (κ1) is 16.5. The van der Waals surface area contributed by atoms with E-state index in [9.17, 15) is 8.42 Å². The zero-order valence-electron chi connectivity index (χ0n) is 13.3. The Morgan fingerprint density at radius 1 is 1.05 bits per heavy atom. The van der Waals surface area contributed by atoms with Gasteiger partial charge in [-0.15, -0.1) is 0 Å². The van der Waals surface area contributed by atoms with Crippen LogP contribution in [0.4, 0.5) is 0 Å². The van der Waals surface area contributed by atoms with Crippen molar-refractivity contribution < 1.29 is 8.42 Å². The van der Waals surface area contributed by atoms with Gasteiger partial charge in [0, 0.05) is 18.8 Å². The van der Waals surface area contributed by atoms with Gasteiger partial charge in [-0.3, -0.25) is 0 Å². The molecule has 3 atom stereocenters. The monoisotopic (exact) mass is 309 g/mol. The lowest BCUT2D eigenvalue weighted by Gasteiger charge is -2.32. The van der Waals surface area contributed by atoms with Gasteiger partial charge in [0.2, 0.25) is 0 Å². The Labute approximate surface area is 129 Å². The summed E-state index contributed by atoms with van der Waals surface area (Å²) in [6.45, 7) is 5.56. The van der Waals surface area contributed by atoms with Gasteiger partial charge in [-0.25, -0.2) is 8.42 Å². The Morgan fingerprint density at radius 3 is 2.24 bits per heavy atom. The highest BCUT2D eigenvalue weighted by Gasteiger charge is 2.23. The highest BCUT2D eigenvalue weighted by Crippen LogP contribution is 2.29. The van der Waals surface area contributed by atoms with E-state index < -0.39 is 9.84 Å². The van der Waals surface area contributed by atoms with Crippen molar-refractivity contribution in [2.24, 2.45) is 11.8 Å². The molecule has 1 aliphatic carbocycles. The quantitative estimate of drug-likeness (QED) is 0.909. The second-order valence-electron chi connectivity index (χ2n) is 6.73. The SMILES string of the molecule is C[C@@H]1CC[C@@H](NCc2ccc(CS(C)(=O)=O)cc2)C[C@H]1C. The molecule has 0 aliphatic heterocycles. The molecular weight excluding hydrogens is 282 g/mol. The van der Waals surface area contributed by atoms with Gasteiger partial charge in [0.05, 0.1) is 5.75 Å². The van der Waals surface area contributed by atoms with Crippen LogP contribution in [0.1, 0.15) is 44.2 Å². The molecule has 118 valence electrons. The molecule has 1 saturated carbocycles. The molecule has 4 heteroatoms. The number of hydrogen-bond acceptors (Lipinski definition) is 3. The van der Waals surface area contributed by atoms with Crippen LogP contribution in [-0.4, -0.2) is 20.7 Å². The summed E-state index contributed by atoms with van der Waals surface area (Å²) in [5.41, 5.74) is 2.08. The number of nitrogens with one attached hydrogen (secondary N) is 1. The van der Waals surface area contributed by atoms with Crippen LogP contribution in [0.3, 0.4) is 0 Å². The lowest BCUT2D eigenvalue weighted by atomic mass is 9.79. The minimum atomic E-state index is -2.95. The zero-order valence-corrected chi connectivity index (χ0v) is 14.1. The summed E-state index contributed by atoms with van der Waals surface area (Å²) < 4.78 is 22.5. The van der Waals surface area contributed by atoms with E-state index in [4.69, 9.17) is 0 Å². The van der Waals surface area contributed by atoms with Gasteiger partial charge in [-0.05, 0) is 42.2 Å². The summed E-state index contributed by atoms with van der Waals surface area (Å²) in [4.78, 5) is 0. The summed E-state index contributed by atoms with van der Waals surface area (Å²) in [6.07, 6.45) is 5.10. The van der Waals surface area contributed by atoms with Gasteiger partial charge in [0.25, 0.3) is 0 Å². The molecule has 0 heterocycles. The van der Waals surface area contributed by atoms with Crippen LogP contribution >= 0.6 is 0 Å². The molecular formula is C17H27NO2S. The van der Waals surface area contributed by atoms with E-state index in [2.05, 4.69) is 19.2 Å². The van der Waals surface area contributed by atoms with E-state index in [-0.39, 0.29) is 5.75 Å². The number of benzene rings is 1. The van der Waals surface area contributed by atoms with Gasteiger partial charge < -0.3 is 5.32 Å². The molecule has 1 fully saturated rings. The van der Waals surface area contributed by atoms with Crippen LogP contribution in [-0.2, 0) is 22.1 Å². The molecule has 3 nitrogen and oxygen atoms in total. The Bertz CT molecular complexity index is 551. The Balaban J connectivity index is 1.84. The van der Waals surface area contributed by atoms with E-state index in [1.165, 1.54) is 31.1 Å². The van der Waals surface area contributed by atoms with Gasteiger partial charge in [-0.1, -0.05) is 38.1 Å². The maximum absolute atomic E-state index is 11.3. The minimum absolute atomic E-state index is 0.124. The number of sulfone groups is 1. The summed E-state index contributed by atoms with van der Waals surface area (Å²) in [6, 6.07) is 8.52. The van der Waals surface area contributed by atoms with Crippen molar-refractivity contribution in [3.8, 4) is 0 Å². The first-order valence-corrected chi connectivity index (χ1v) is 9.88. The topological polar surface area (TPSA) is 46.2 Å². The maximum atomic E-state index is 11.3. The highest BCUT2D eigenvalue weighted by atomic mass is 32.2. The van der Waals surface area contributed by atoms with Crippen LogP contribution in [0.15, 0.2) is 24.3 Å². The first-order valence-electron chi connectivity index (χ1n) is 7.82. The van der Waals surface area contributed by atoms with Gasteiger partial charge in [0.15, 0.2) is 9.84 Å². The number of rotatable bonds is 5. The third-order valence-electron chi connectivity index (χ3n) is 4.64. The van der Waals surface area contributed by atoms with E-state index in [1.807, 2.05) is 24.3 Å². The van der Waals surface area contributed by atoms with Crippen molar-refractivity contribution in [3.05, 3.63) is 35.4 Å². The third kappa shape index (κ3) is 5.44. The molecule has 21 heavy (non-hydrogen) atoms. The third-order valence-corrected chi connectivity index (χ3v) is 5.50. The fourth-order valence-electron chi connectivity index (χ4n) is 3.05. The minimum Gasteiger partial charge on any atom is -0.310 e. The molecule has 2 rings (SSSR count). The largest absolute Gasteiger partial charge is 0.310 e. The maximum Gasteiger partial charge on any atom is 0.151 e. The number of hydrogen-bond donors (Lipinski definition) is 1. The van der Waals surface area contributed by atoms with Crippen LogP contribution in [0.5, 0.6) is 0 Å². The lowest BCUT2D eigenvalue weighted by molar-refractivity contribution is 0.225. The molecule has 0 saturated heterocycles. The molecule has 1 N–H and O–H groups in total. The molecule has 0 radical (unpaired) electrons. The predicted molar refractivity (Wildman–Crippen MR) is 87.8 cm³/mol. The first-order chi connectivity index (χ1) is 9.83. The Hall–Kier alpha value is -0.870. The van der Waals surface area contributed by atoms with Crippen molar-refractivity contribution in [1.29, 1.82) is 0 Å². The molecule has 0 spiro atoms. The van der Waals surface area contributed by atoms with E-state index in [1.54, 1.807) is 0 Å². The molecule has 1 aromatic carbocycles. The second-order valence-corrected chi connectivity index (χ2v) is 8.87. The van der Waals surface area contributed by atoms with Crippen molar-refractivity contribution in [3.63, 3.8) is 0 Å². The van der Waals surface area contributed by atoms with Crippen LogP contribution < -0.4 is 5.32 Å². The van der Waals surface area contributed by atoms with Crippen LogP contribution in [0.25, 0.3) is 0 Å². The standard InChI is InChI=1S/C17H27NO2S/c1-13-4-9-17(10-14(13)2)18-11-15-5-7-16(8-6-15)12-21(3,19)20/h5-8,13-14,17-18H,4,9-12H2,1-3H3/t13-,14-,17-/m1/s1. The normalized spacial score (nSPS) is 26.7. The van der Waals surface area contributed by atoms with Gasteiger partial charge in [-0.2, -0.15) is 0 Å². The summed E-state index contributed by atoms with van der Waals surface area (Å²) in [5.74, 6) is 1.77. The second kappa shape index (κ2) is 6.93. The van der Waals surface area contributed by atoms with Gasteiger partial charge >= 0.3 is 0 Å². The smallest absolute Gasteiger partial charge is 0.151 e. The van der Waals surface area contributed by atoms with Crippen LogP contribution in [0, 0.1) is 11.8 Å². The Kier molecular flexibility index (Phi) is 5.44. The fourth-order valence-corrected chi connectivity index (χ4v) is 3.85. The van der Waals surface area contributed by atoms with Gasteiger partial charge in [0.1, 0.15) is 0 Å². The summed E-state index contributed by atoms with van der Waals surface area (Å²) in [7, 11) is -2.95. The molecule has 1 aliphatic rings. The van der Waals surface area contributed by atoms with Crippen molar-refractivity contribution in [2.75, 3.05) is 6.26 Å². The van der Waals surface area contributed by atoms with Crippen molar-refractivity contribution >= 4 is 9.84 Å². The summed E-state index contributed by atoms with van der Waals surface area (Å²) in [5, 5.41) is 3.64. The van der Waals surface area contributed by atoms with Crippen molar-refractivity contribution in [2.45, 2.75) is 51.4 Å². The zero-order chi connectivity index (χ0) is 15.5. The molecule has 0 amide bonds. The lowest BCUT2D eigenvalue weighted by Crippen LogP contribution is -2.35. The Morgan fingerprint density at radius 2 is 1.67 bits per heavy atom. The molecule has 0 bridgehead atoms. The van der Waals surface area contributed by atoms with E-state index in [0.717, 1.165) is 23.9 Å². The fraction of sp³-hybridized carbons (Fsp3) is 0.647. The molecule has 0 aromatic heterocycles. The van der Waals surface area contributed by atoms with E-state index in [0.29, 0.717) is 6.04 Å². The average Bonchev–Trinajstić information content (AvgIpc) is 2.40. The van der Waals surface area contributed by atoms with Crippen molar-refractivity contribution in [1.82, 2.24) is 5.32 Å². The molecule has 0 unspecified atom stereocenters.